The SMILES string of the molecule is C=CCCNC(=O)CC(C)N. The average molecular weight is 156 g/mol. The molecule has 3 N–H and O–H groups in total. The molecular weight excluding hydrogens is 140 g/mol. The third-order valence-corrected chi connectivity index (χ3v) is 1.18. The molecule has 64 valence electrons. The van der Waals surface area contributed by atoms with Crippen molar-refractivity contribution in [1.29, 1.82) is 0 Å². The number of hydrogen-bond donors (Lipinski definition) is 2. The third-order valence-electron chi connectivity index (χ3n) is 1.18. The van der Waals surface area contributed by atoms with Gasteiger partial charge in [-0.15, -0.1) is 6.58 Å². The number of carbonyl (C=O) groups excluding carboxylic acids is 1. The zero-order valence-electron chi connectivity index (χ0n) is 6.97. The topological polar surface area (TPSA) is 55.1 Å². The summed E-state index contributed by atoms with van der Waals surface area (Å²) in [5.74, 6) is 0.0156. The average Bonchev–Trinajstić information content (AvgIpc) is 1.86. The first-order valence-electron chi connectivity index (χ1n) is 3.80. The second-order valence-corrected chi connectivity index (χ2v) is 2.61. The van der Waals surface area contributed by atoms with E-state index < -0.39 is 0 Å². The molecule has 0 rings (SSSR count). The van der Waals surface area contributed by atoms with Crippen molar-refractivity contribution in [3.8, 4) is 0 Å². The highest BCUT2D eigenvalue weighted by molar-refractivity contribution is 5.76. The summed E-state index contributed by atoms with van der Waals surface area (Å²) >= 11 is 0. The summed E-state index contributed by atoms with van der Waals surface area (Å²) in [6.07, 6.45) is 2.98. The fourth-order valence-corrected chi connectivity index (χ4v) is 0.678. The first-order valence-corrected chi connectivity index (χ1v) is 3.80. The van der Waals surface area contributed by atoms with Crippen LogP contribution in [0.4, 0.5) is 0 Å². The second-order valence-electron chi connectivity index (χ2n) is 2.61. The lowest BCUT2D eigenvalue weighted by Crippen LogP contribution is -2.30. The van der Waals surface area contributed by atoms with Gasteiger partial charge in [-0.2, -0.15) is 0 Å². The molecule has 0 aromatic heterocycles. The zero-order chi connectivity index (χ0) is 8.69. The van der Waals surface area contributed by atoms with Crippen LogP contribution in [0, 0.1) is 0 Å². The van der Waals surface area contributed by atoms with Crippen LogP contribution in [0.1, 0.15) is 19.8 Å². The molecular formula is C8H16N2O. The van der Waals surface area contributed by atoms with Crippen LogP contribution in [0.15, 0.2) is 12.7 Å². The van der Waals surface area contributed by atoms with Crippen molar-refractivity contribution in [3.05, 3.63) is 12.7 Å². The van der Waals surface area contributed by atoms with Gasteiger partial charge in [0.25, 0.3) is 0 Å². The van der Waals surface area contributed by atoms with Gasteiger partial charge in [-0.25, -0.2) is 0 Å². The number of carbonyl (C=O) groups is 1. The van der Waals surface area contributed by atoms with E-state index in [0.29, 0.717) is 13.0 Å². The van der Waals surface area contributed by atoms with Crippen molar-refractivity contribution in [2.75, 3.05) is 6.54 Å². The monoisotopic (exact) mass is 156 g/mol. The van der Waals surface area contributed by atoms with Gasteiger partial charge in [-0.1, -0.05) is 6.08 Å². The molecule has 0 aliphatic heterocycles. The first kappa shape index (κ1) is 10.2. The molecule has 0 saturated heterocycles. The standard InChI is InChI=1S/C8H16N2O/c1-3-4-5-10-8(11)6-7(2)9/h3,7H,1,4-6,9H2,2H3,(H,10,11). The van der Waals surface area contributed by atoms with Gasteiger partial charge in [0.15, 0.2) is 0 Å². The Labute approximate surface area is 67.7 Å². The highest BCUT2D eigenvalue weighted by Gasteiger charge is 2.02. The summed E-state index contributed by atoms with van der Waals surface area (Å²) in [6, 6.07) is -0.0567. The van der Waals surface area contributed by atoms with Gasteiger partial charge in [0.2, 0.25) is 5.91 Å². The van der Waals surface area contributed by atoms with Gasteiger partial charge < -0.3 is 11.1 Å². The van der Waals surface area contributed by atoms with Gasteiger partial charge >= 0.3 is 0 Å². The quantitative estimate of drug-likeness (QED) is 0.447. The Balaban J connectivity index is 3.30. The number of rotatable bonds is 5. The Morgan fingerprint density at radius 3 is 2.91 bits per heavy atom. The van der Waals surface area contributed by atoms with E-state index in [1.807, 2.05) is 6.92 Å². The van der Waals surface area contributed by atoms with Gasteiger partial charge in [-0.05, 0) is 13.3 Å². The summed E-state index contributed by atoms with van der Waals surface area (Å²) < 4.78 is 0. The molecule has 0 heterocycles. The van der Waals surface area contributed by atoms with Crippen LogP contribution in [0.5, 0.6) is 0 Å². The molecule has 0 radical (unpaired) electrons. The van der Waals surface area contributed by atoms with E-state index in [1.54, 1.807) is 6.08 Å². The lowest BCUT2D eigenvalue weighted by atomic mass is 10.2. The number of nitrogens with one attached hydrogen (secondary N) is 1. The zero-order valence-corrected chi connectivity index (χ0v) is 6.97. The predicted molar refractivity (Wildman–Crippen MR) is 46.1 cm³/mol. The summed E-state index contributed by atoms with van der Waals surface area (Å²) in [5, 5.41) is 2.72. The molecule has 0 aromatic carbocycles. The first-order chi connectivity index (χ1) is 5.16. The van der Waals surface area contributed by atoms with Gasteiger partial charge in [0, 0.05) is 19.0 Å². The summed E-state index contributed by atoms with van der Waals surface area (Å²) in [6.45, 7) is 6.02. The van der Waals surface area contributed by atoms with Gasteiger partial charge in [0.05, 0.1) is 0 Å². The van der Waals surface area contributed by atoms with Crippen molar-refractivity contribution in [1.82, 2.24) is 5.32 Å². The van der Waals surface area contributed by atoms with Crippen molar-refractivity contribution >= 4 is 5.91 Å². The van der Waals surface area contributed by atoms with Crippen molar-refractivity contribution in [2.45, 2.75) is 25.8 Å². The van der Waals surface area contributed by atoms with E-state index in [1.165, 1.54) is 0 Å². The Hall–Kier alpha value is -0.830. The predicted octanol–water partition coefficient (Wildman–Crippen LogP) is 0.416. The van der Waals surface area contributed by atoms with Gasteiger partial charge in [0.1, 0.15) is 0 Å². The summed E-state index contributed by atoms with van der Waals surface area (Å²) in [5.41, 5.74) is 5.42. The minimum absolute atomic E-state index is 0.0156. The minimum atomic E-state index is -0.0567. The molecule has 1 atom stereocenters. The Morgan fingerprint density at radius 2 is 2.45 bits per heavy atom. The lowest BCUT2D eigenvalue weighted by molar-refractivity contribution is -0.121. The van der Waals surface area contributed by atoms with Crippen molar-refractivity contribution in [3.63, 3.8) is 0 Å². The normalized spacial score (nSPS) is 12.2. The molecule has 3 heteroatoms. The lowest BCUT2D eigenvalue weighted by Gasteiger charge is -2.04. The highest BCUT2D eigenvalue weighted by atomic mass is 16.1. The Morgan fingerprint density at radius 1 is 1.82 bits per heavy atom. The van der Waals surface area contributed by atoms with E-state index in [-0.39, 0.29) is 11.9 Å². The van der Waals surface area contributed by atoms with E-state index in [9.17, 15) is 4.79 Å². The van der Waals surface area contributed by atoms with E-state index in [0.717, 1.165) is 6.42 Å². The van der Waals surface area contributed by atoms with Crippen molar-refractivity contribution < 1.29 is 4.79 Å². The van der Waals surface area contributed by atoms with Crippen LogP contribution in [0.3, 0.4) is 0 Å². The number of amides is 1. The summed E-state index contributed by atoms with van der Waals surface area (Å²) in [4.78, 5) is 10.9. The maximum atomic E-state index is 10.9. The van der Waals surface area contributed by atoms with Crippen LogP contribution in [0.2, 0.25) is 0 Å². The maximum absolute atomic E-state index is 10.9. The molecule has 0 spiro atoms. The maximum Gasteiger partial charge on any atom is 0.221 e. The van der Waals surface area contributed by atoms with E-state index in [4.69, 9.17) is 5.73 Å². The Kier molecular flexibility index (Phi) is 5.47. The number of nitrogens with two attached hydrogens (primary N) is 1. The second kappa shape index (κ2) is 5.92. The molecule has 0 aliphatic carbocycles. The largest absolute Gasteiger partial charge is 0.356 e. The fourth-order valence-electron chi connectivity index (χ4n) is 0.678. The molecule has 0 aliphatic rings. The molecule has 1 amide bonds. The van der Waals surface area contributed by atoms with Crippen LogP contribution in [-0.4, -0.2) is 18.5 Å². The smallest absolute Gasteiger partial charge is 0.221 e. The van der Waals surface area contributed by atoms with Crippen LogP contribution < -0.4 is 11.1 Å². The van der Waals surface area contributed by atoms with Crippen LogP contribution >= 0.6 is 0 Å². The van der Waals surface area contributed by atoms with Crippen LogP contribution in [-0.2, 0) is 4.79 Å². The summed E-state index contributed by atoms with van der Waals surface area (Å²) in [7, 11) is 0. The third kappa shape index (κ3) is 7.06. The molecule has 11 heavy (non-hydrogen) atoms. The van der Waals surface area contributed by atoms with Crippen molar-refractivity contribution in [2.24, 2.45) is 5.73 Å². The fraction of sp³-hybridized carbons (Fsp3) is 0.625. The minimum Gasteiger partial charge on any atom is -0.356 e. The van der Waals surface area contributed by atoms with E-state index >= 15 is 0 Å². The molecule has 0 bridgehead atoms. The molecule has 0 fully saturated rings. The number of hydrogen-bond acceptors (Lipinski definition) is 2. The molecule has 3 nitrogen and oxygen atoms in total. The van der Waals surface area contributed by atoms with Crippen LogP contribution in [0.25, 0.3) is 0 Å². The molecule has 0 saturated carbocycles. The molecule has 0 aromatic rings. The Bertz CT molecular complexity index is 132. The van der Waals surface area contributed by atoms with Gasteiger partial charge in [-0.3, -0.25) is 4.79 Å². The molecule has 1 unspecified atom stereocenters. The highest BCUT2D eigenvalue weighted by Crippen LogP contribution is 1.85. The van der Waals surface area contributed by atoms with E-state index in [2.05, 4.69) is 11.9 Å².